The molecule has 0 atom stereocenters. The molecule has 1 N–H and O–H groups in total. The summed E-state index contributed by atoms with van der Waals surface area (Å²) in [5, 5.41) is 13.6. The predicted molar refractivity (Wildman–Crippen MR) is 62.7 cm³/mol. The highest BCUT2D eigenvalue weighted by atomic mass is 16.6. The van der Waals surface area contributed by atoms with Crippen LogP contribution in [0.15, 0.2) is 18.7 Å². The van der Waals surface area contributed by atoms with Crippen molar-refractivity contribution in [1.82, 2.24) is 0 Å². The second-order valence-electron chi connectivity index (χ2n) is 3.23. The molecule has 0 aliphatic carbocycles. The number of nitrogens with zero attached hydrogens (tertiary/aromatic N) is 1. The summed E-state index contributed by atoms with van der Waals surface area (Å²) in [5.41, 5.74) is 1.10. The molecule has 0 aliphatic rings. The van der Waals surface area contributed by atoms with Crippen LogP contribution in [-0.2, 0) is 0 Å². The normalized spacial score (nSPS) is 9.62. The van der Waals surface area contributed by atoms with Crippen LogP contribution in [0.25, 0.3) is 6.08 Å². The van der Waals surface area contributed by atoms with Gasteiger partial charge in [-0.2, -0.15) is 0 Å². The number of nitro groups is 1. The van der Waals surface area contributed by atoms with Crippen molar-refractivity contribution in [1.29, 1.82) is 0 Å². The van der Waals surface area contributed by atoms with Gasteiger partial charge >= 0.3 is 0 Å². The third kappa shape index (κ3) is 2.08. The summed E-state index contributed by atoms with van der Waals surface area (Å²) < 4.78 is 0. The van der Waals surface area contributed by atoms with Crippen LogP contribution >= 0.6 is 0 Å². The summed E-state index contributed by atoms with van der Waals surface area (Å²) in [6.07, 6.45) is 1.48. The Morgan fingerprint density at radius 3 is 2.56 bits per heavy atom. The van der Waals surface area contributed by atoms with Crippen LogP contribution in [0.2, 0.25) is 0 Å². The van der Waals surface area contributed by atoms with E-state index in [1.165, 1.54) is 19.1 Å². The molecule has 0 spiro atoms. The highest BCUT2D eigenvalue weighted by Gasteiger charge is 2.18. The molecule has 0 aromatic heterocycles. The summed E-state index contributed by atoms with van der Waals surface area (Å²) in [6.45, 7) is 4.93. The van der Waals surface area contributed by atoms with Gasteiger partial charge in [0.2, 0.25) is 0 Å². The van der Waals surface area contributed by atoms with E-state index >= 15 is 0 Å². The number of hydrogen-bond acceptors (Lipinski definition) is 4. The smallest absolute Gasteiger partial charge is 0.293 e. The summed E-state index contributed by atoms with van der Waals surface area (Å²) in [7, 11) is 1.59. The molecule has 5 heteroatoms. The SMILES string of the molecule is C=Cc1cc(C(C)=O)cc([N+](=O)[O-])c1NC. The van der Waals surface area contributed by atoms with Gasteiger partial charge in [-0.3, -0.25) is 14.9 Å². The van der Waals surface area contributed by atoms with Gasteiger partial charge in [0.1, 0.15) is 5.69 Å². The fraction of sp³-hybridized carbons (Fsp3) is 0.182. The minimum atomic E-state index is -0.523. The first-order chi connectivity index (χ1) is 7.51. The van der Waals surface area contributed by atoms with Crippen molar-refractivity contribution in [2.75, 3.05) is 12.4 Å². The van der Waals surface area contributed by atoms with E-state index in [9.17, 15) is 14.9 Å². The summed E-state index contributed by atoms with van der Waals surface area (Å²) in [6, 6.07) is 2.84. The quantitative estimate of drug-likeness (QED) is 0.480. The van der Waals surface area contributed by atoms with Crippen LogP contribution < -0.4 is 5.32 Å². The number of carbonyl (C=O) groups is 1. The zero-order valence-corrected chi connectivity index (χ0v) is 9.11. The van der Waals surface area contributed by atoms with E-state index in [0.29, 0.717) is 16.8 Å². The van der Waals surface area contributed by atoms with Gasteiger partial charge < -0.3 is 5.32 Å². The van der Waals surface area contributed by atoms with E-state index in [2.05, 4.69) is 11.9 Å². The topological polar surface area (TPSA) is 72.2 Å². The van der Waals surface area contributed by atoms with Gasteiger partial charge in [0.15, 0.2) is 5.78 Å². The molecule has 1 aromatic carbocycles. The van der Waals surface area contributed by atoms with Crippen molar-refractivity contribution in [3.63, 3.8) is 0 Å². The Balaban J connectivity index is 3.55. The van der Waals surface area contributed by atoms with Gasteiger partial charge in [0.05, 0.1) is 4.92 Å². The first kappa shape index (κ1) is 11.9. The number of hydrogen-bond donors (Lipinski definition) is 1. The molecular weight excluding hydrogens is 208 g/mol. The Bertz CT molecular complexity index is 467. The van der Waals surface area contributed by atoms with Gasteiger partial charge in [0, 0.05) is 24.2 Å². The number of anilines is 1. The highest BCUT2D eigenvalue weighted by molar-refractivity contribution is 5.97. The molecule has 0 saturated heterocycles. The Kier molecular flexibility index (Phi) is 3.40. The number of nitro benzene ring substituents is 1. The van der Waals surface area contributed by atoms with E-state index < -0.39 is 4.92 Å². The lowest BCUT2D eigenvalue weighted by Gasteiger charge is -2.08. The third-order valence-electron chi connectivity index (χ3n) is 2.22. The van der Waals surface area contributed by atoms with Crippen LogP contribution in [0, 0.1) is 10.1 Å². The second-order valence-corrected chi connectivity index (χ2v) is 3.23. The van der Waals surface area contributed by atoms with Gasteiger partial charge in [-0.05, 0) is 13.0 Å². The molecule has 0 unspecified atom stereocenters. The largest absolute Gasteiger partial charge is 0.382 e. The van der Waals surface area contributed by atoms with Crippen LogP contribution in [-0.4, -0.2) is 17.8 Å². The molecule has 1 rings (SSSR count). The monoisotopic (exact) mass is 220 g/mol. The molecule has 0 heterocycles. The number of nitrogens with one attached hydrogen (secondary N) is 1. The average Bonchev–Trinajstić information content (AvgIpc) is 2.26. The lowest BCUT2D eigenvalue weighted by molar-refractivity contribution is -0.384. The van der Waals surface area contributed by atoms with Crippen LogP contribution in [0.4, 0.5) is 11.4 Å². The summed E-state index contributed by atoms with van der Waals surface area (Å²) >= 11 is 0. The fourth-order valence-corrected chi connectivity index (χ4v) is 1.43. The van der Waals surface area contributed by atoms with Gasteiger partial charge in [-0.15, -0.1) is 0 Å². The standard InChI is InChI=1S/C11H12N2O3/c1-4-8-5-9(7(2)14)6-10(13(15)16)11(8)12-3/h4-6,12H,1H2,2-3H3. The lowest BCUT2D eigenvalue weighted by atomic mass is 10.0. The second kappa shape index (κ2) is 4.57. The van der Waals surface area contributed by atoms with Crippen LogP contribution in [0.3, 0.4) is 0 Å². The van der Waals surface area contributed by atoms with Gasteiger partial charge in [0.25, 0.3) is 5.69 Å². The zero-order valence-electron chi connectivity index (χ0n) is 9.11. The van der Waals surface area contributed by atoms with Gasteiger partial charge in [-0.1, -0.05) is 12.7 Å². The molecule has 5 nitrogen and oxygen atoms in total. The molecule has 0 radical (unpaired) electrons. The Hall–Kier alpha value is -2.17. The van der Waals surface area contributed by atoms with E-state index in [-0.39, 0.29) is 11.5 Å². The van der Waals surface area contributed by atoms with Crippen molar-refractivity contribution in [2.24, 2.45) is 0 Å². The zero-order chi connectivity index (χ0) is 12.3. The molecule has 1 aromatic rings. The van der Waals surface area contributed by atoms with E-state index in [1.54, 1.807) is 13.1 Å². The van der Waals surface area contributed by atoms with E-state index in [4.69, 9.17) is 0 Å². The number of carbonyl (C=O) groups excluding carboxylic acids is 1. The minimum Gasteiger partial charge on any atom is -0.382 e. The Labute approximate surface area is 92.9 Å². The van der Waals surface area contributed by atoms with Crippen molar-refractivity contribution >= 4 is 23.2 Å². The number of rotatable bonds is 4. The Morgan fingerprint density at radius 2 is 2.19 bits per heavy atom. The molecule has 0 bridgehead atoms. The van der Waals surface area contributed by atoms with Crippen LogP contribution in [0.5, 0.6) is 0 Å². The number of Topliss-reactive ketones (excluding diaryl/α,β-unsaturated/α-hetero) is 1. The fourth-order valence-electron chi connectivity index (χ4n) is 1.43. The first-order valence-electron chi connectivity index (χ1n) is 4.64. The van der Waals surface area contributed by atoms with E-state index in [0.717, 1.165) is 0 Å². The summed E-state index contributed by atoms with van der Waals surface area (Å²) in [4.78, 5) is 21.5. The van der Waals surface area contributed by atoms with Crippen molar-refractivity contribution in [2.45, 2.75) is 6.92 Å². The minimum absolute atomic E-state index is 0.120. The number of benzene rings is 1. The molecule has 0 amide bonds. The van der Waals surface area contributed by atoms with Crippen LogP contribution in [0.1, 0.15) is 22.8 Å². The lowest BCUT2D eigenvalue weighted by Crippen LogP contribution is -2.02. The third-order valence-corrected chi connectivity index (χ3v) is 2.22. The number of ketones is 1. The maximum Gasteiger partial charge on any atom is 0.293 e. The Morgan fingerprint density at radius 1 is 1.56 bits per heavy atom. The molecule has 16 heavy (non-hydrogen) atoms. The average molecular weight is 220 g/mol. The molecule has 0 saturated carbocycles. The predicted octanol–water partition coefficient (Wildman–Crippen LogP) is 2.48. The van der Waals surface area contributed by atoms with Gasteiger partial charge in [-0.25, -0.2) is 0 Å². The van der Waals surface area contributed by atoms with Crippen molar-refractivity contribution in [3.8, 4) is 0 Å². The molecule has 0 fully saturated rings. The molecule has 84 valence electrons. The highest BCUT2D eigenvalue weighted by Crippen LogP contribution is 2.30. The van der Waals surface area contributed by atoms with Crippen molar-refractivity contribution in [3.05, 3.63) is 40.0 Å². The maximum atomic E-state index is 11.2. The maximum absolute atomic E-state index is 11.2. The first-order valence-corrected chi connectivity index (χ1v) is 4.64. The van der Waals surface area contributed by atoms with Crippen molar-refractivity contribution < 1.29 is 9.72 Å². The summed E-state index contributed by atoms with van der Waals surface area (Å²) in [5.74, 6) is -0.214. The van der Waals surface area contributed by atoms with E-state index in [1.807, 2.05) is 0 Å². The molecule has 0 aliphatic heterocycles. The molecular formula is C11H12N2O3.